The van der Waals surface area contributed by atoms with Crippen LogP contribution < -0.4 is 4.90 Å². The molecule has 2 heterocycles. The molecule has 1 atom stereocenters. The van der Waals surface area contributed by atoms with Gasteiger partial charge in [-0.2, -0.15) is 0 Å². The maximum Gasteiger partial charge on any atom is 0.337 e. The summed E-state index contributed by atoms with van der Waals surface area (Å²) in [6, 6.07) is 16.6. The fraction of sp³-hybridized carbons (Fsp3) is 0.296. The van der Waals surface area contributed by atoms with Crippen LogP contribution >= 0.6 is 0 Å². The number of imidazole rings is 1. The topological polar surface area (TPSA) is 73.7 Å². The number of hydrogen-bond acceptors (Lipinski definition) is 6. The smallest absolute Gasteiger partial charge is 0.337 e. The van der Waals surface area contributed by atoms with E-state index in [1.54, 1.807) is 13.8 Å². The van der Waals surface area contributed by atoms with E-state index in [1.165, 1.54) is 0 Å². The van der Waals surface area contributed by atoms with E-state index in [0.29, 0.717) is 22.9 Å². The normalized spacial score (nSPS) is 14.7. The first-order valence-corrected chi connectivity index (χ1v) is 11.4. The Morgan fingerprint density at radius 3 is 2.18 bits per heavy atom. The Morgan fingerprint density at radius 2 is 1.59 bits per heavy atom. The summed E-state index contributed by atoms with van der Waals surface area (Å²) in [5.74, 6) is -0.506. The Kier molecular flexibility index (Phi) is 6.54. The van der Waals surface area contributed by atoms with Crippen LogP contribution in [-0.4, -0.2) is 48.8 Å². The molecule has 7 heteroatoms. The second-order valence-corrected chi connectivity index (χ2v) is 8.27. The van der Waals surface area contributed by atoms with Crippen LogP contribution in [0.25, 0.3) is 16.8 Å². The van der Waals surface area contributed by atoms with Gasteiger partial charge in [0.25, 0.3) is 0 Å². The minimum atomic E-state index is -1.01. The molecule has 1 aliphatic rings. The van der Waals surface area contributed by atoms with Gasteiger partial charge in [0, 0.05) is 25.2 Å². The third-order valence-electron chi connectivity index (χ3n) is 5.72. The predicted molar refractivity (Wildman–Crippen MR) is 131 cm³/mol. The van der Waals surface area contributed by atoms with E-state index in [9.17, 15) is 9.59 Å². The number of carbonyl (C=O) groups excluding carboxylic acids is 2. The molecule has 1 aromatic heterocycles. The molecule has 176 valence electrons. The summed E-state index contributed by atoms with van der Waals surface area (Å²) in [5.41, 5.74) is 5.07. The van der Waals surface area contributed by atoms with E-state index in [1.807, 2.05) is 85.1 Å². The first-order valence-electron chi connectivity index (χ1n) is 11.4. The molecule has 0 aliphatic carbocycles. The number of hydrogen-bond donors (Lipinski definition) is 0. The number of rotatable bonds is 7. The van der Waals surface area contributed by atoms with Crippen LogP contribution in [-0.2, 0) is 19.1 Å². The molecule has 7 nitrogen and oxygen atoms in total. The highest BCUT2D eigenvalue weighted by molar-refractivity contribution is 6.10. The molecule has 1 aliphatic heterocycles. The molecule has 34 heavy (non-hydrogen) atoms. The van der Waals surface area contributed by atoms with Crippen molar-refractivity contribution in [2.75, 3.05) is 32.2 Å². The average molecular weight is 460 g/mol. The summed E-state index contributed by atoms with van der Waals surface area (Å²) in [6.07, 6.45) is 0. The van der Waals surface area contributed by atoms with Gasteiger partial charge in [-0.25, -0.2) is 14.6 Å². The largest absolute Gasteiger partial charge is 0.464 e. The van der Waals surface area contributed by atoms with Crippen molar-refractivity contribution in [1.82, 2.24) is 9.55 Å². The quantitative estimate of drug-likeness (QED) is 0.488. The molecule has 0 N–H and O–H groups in total. The van der Waals surface area contributed by atoms with Crippen LogP contribution in [0.5, 0.6) is 0 Å². The summed E-state index contributed by atoms with van der Waals surface area (Å²) in [4.78, 5) is 33.5. The number of aryl methyl sites for hydroxylation is 1. The van der Waals surface area contributed by atoms with Gasteiger partial charge in [-0.1, -0.05) is 60.2 Å². The molecule has 4 rings (SSSR count). The molecule has 0 spiro atoms. The van der Waals surface area contributed by atoms with Crippen molar-refractivity contribution < 1.29 is 19.1 Å². The molecule has 0 bridgehead atoms. The van der Waals surface area contributed by atoms with E-state index in [0.717, 1.165) is 16.7 Å². The zero-order valence-electron chi connectivity index (χ0n) is 20.2. The van der Waals surface area contributed by atoms with Gasteiger partial charge in [0.15, 0.2) is 6.04 Å². The van der Waals surface area contributed by atoms with Gasteiger partial charge in [0.05, 0.1) is 30.2 Å². The Morgan fingerprint density at radius 1 is 0.941 bits per heavy atom. The van der Waals surface area contributed by atoms with Gasteiger partial charge in [-0.15, -0.1) is 0 Å². The number of benzene rings is 2. The van der Waals surface area contributed by atoms with Gasteiger partial charge in [-0.05, 0) is 26.3 Å². The van der Waals surface area contributed by atoms with Crippen molar-refractivity contribution >= 4 is 23.5 Å². The molecule has 0 saturated heterocycles. The Labute approximate surface area is 199 Å². The number of aromatic nitrogens is 2. The monoisotopic (exact) mass is 459 g/mol. The molecular formula is C27H29N3O4. The minimum Gasteiger partial charge on any atom is -0.464 e. The van der Waals surface area contributed by atoms with Crippen molar-refractivity contribution in [2.45, 2.75) is 26.8 Å². The second-order valence-electron chi connectivity index (χ2n) is 8.27. The number of carbonyl (C=O) groups is 2. The van der Waals surface area contributed by atoms with Crippen molar-refractivity contribution in [3.8, 4) is 11.3 Å². The van der Waals surface area contributed by atoms with Gasteiger partial charge < -0.3 is 14.4 Å². The molecule has 0 fully saturated rings. The second kappa shape index (κ2) is 9.55. The Bertz CT molecular complexity index is 1240. The summed E-state index contributed by atoms with van der Waals surface area (Å²) in [6.45, 7) is 5.89. The van der Waals surface area contributed by atoms with Crippen molar-refractivity contribution in [3.05, 3.63) is 77.0 Å². The third kappa shape index (κ3) is 3.98. The first kappa shape index (κ1) is 23.3. The molecule has 2 aromatic carbocycles. The van der Waals surface area contributed by atoms with Crippen LogP contribution in [0.15, 0.2) is 60.2 Å². The lowest BCUT2D eigenvalue weighted by Gasteiger charge is -2.20. The van der Waals surface area contributed by atoms with Gasteiger partial charge in [0.1, 0.15) is 0 Å². The van der Waals surface area contributed by atoms with E-state index >= 15 is 0 Å². The van der Waals surface area contributed by atoms with E-state index in [-0.39, 0.29) is 18.8 Å². The molecule has 0 amide bonds. The summed E-state index contributed by atoms with van der Waals surface area (Å²) in [5, 5.41) is 0. The lowest BCUT2D eigenvalue weighted by molar-refractivity contribution is -0.149. The van der Waals surface area contributed by atoms with E-state index in [2.05, 4.69) is 0 Å². The summed E-state index contributed by atoms with van der Waals surface area (Å²) in [7, 11) is 3.72. The van der Waals surface area contributed by atoms with Crippen LogP contribution in [0.4, 0.5) is 5.95 Å². The fourth-order valence-electron chi connectivity index (χ4n) is 4.29. The van der Waals surface area contributed by atoms with Crippen molar-refractivity contribution in [2.24, 2.45) is 0 Å². The molecule has 0 saturated carbocycles. The summed E-state index contributed by atoms with van der Waals surface area (Å²) < 4.78 is 12.7. The summed E-state index contributed by atoms with van der Waals surface area (Å²) >= 11 is 0. The third-order valence-corrected chi connectivity index (χ3v) is 5.72. The molecule has 3 aromatic rings. The first-order chi connectivity index (χ1) is 16.4. The number of esters is 2. The lowest BCUT2D eigenvalue weighted by atomic mass is 9.93. The average Bonchev–Trinajstić information content (AvgIpc) is 3.36. The maximum absolute atomic E-state index is 13.4. The van der Waals surface area contributed by atoms with Gasteiger partial charge in [0.2, 0.25) is 5.95 Å². The molecular weight excluding hydrogens is 430 g/mol. The Balaban J connectivity index is 2.11. The molecule has 1 unspecified atom stereocenters. The molecule has 0 radical (unpaired) electrons. The van der Waals surface area contributed by atoms with Crippen LogP contribution in [0.3, 0.4) is 0 Å². The number of nitrogens with zero attached hydrogens (tertiary/aromatic N) is 3. The standard InChI is InChI=1S/C27H29N3O4/c1-6-33-25(31)21-20(18-15-13-17(3)14-16-18)23-22(19-11-9-8-10-12-19)28-27(29(4)5)30(23)24(21)26(32)34-7-2/h8-16,24H,6-7H2,1-5H3. The highest BCUT2D eigenvalue weighted by Gasteiger charge is 2.46. The SMILES string of the molecule is CCOC(=O)C1=C(c2ccc(C)cc2)c2c(-c3ccccc3)nc(N(C)C)n2C1C(=O)OCC. The van der Waals surface area contributed by atoms with Crippen molar-refractivity contribution in [1.29, 1.82) is 0 Å². The highest BCUT2D eigenvalue weighted by Crippen LogP contribution is 2.48. The van der Waals surface area contributed by atoms with Gasteiger partial charge in [-0.3, -0.25) is 4.57 Å². The number of anilines is 1. The van der Waals surface area contributed by atoms with Crippen molar-refractivity contribution in [3.63, 3.8) is 0 Å². The van der Waals surface area contributed by atoms with E-state index in [4.69, 9.17) is 14.5 Å². The van der Waals surface area contributed by atoms with Crippen LogP contribution in [0, 0.1) is 6.92 Å². The maximum atomic E-state index is 13.4. The van der Waals surface area contributed by atoms with Crippen LogP contribution in [0.2, 0.25) is 0 Å². The fourth-order valence-corrected chi connectivity index (χ4v) is 4.29. The zero-order valence-corrected chi connectivity index (χ0v) is 20.2. The lowest BCUT2D eigenvalue weighted by Crippen LogP contribution is -2.28. The predicted octanol–water partition coefficient (Wildman–Crippen LogP) is 4.41. The Hall–Kier alpha value is -3.87. The zero-order chi connectivity index (χ0) is 24.4. The minimum absolute atomic E-state index is 0.193. The van der Waals surface area contributed by atoms with E-state index < -0.39 is 18.0 Å². The number of fused-ring (bicyclic) bond motifs is 1. The van der Waals surface area contributed by atoms with Crippen LogP contribution in [0.1, 0.15) is 36.7 Å². The highest BCUT2D eigenvalue weighted by atomic mass is 16.5. The van der Waals surface area contributed by atoms with Gasteiger partial charge >= 0.3 is 11.9 Å². The number of ether oxygens (including phenoxy) is 2.